The molecule has 1 aromatic heterocycles. The van der Waals surface area contributed by atoms with E-state index in [0.29, 0.717) is 0 Å². The number of benzene rings is 2. The van der Waals surface area contributed by atoms with Crippen LogP contribution in [0.2, 0.25) is 0 Å². The van der Waals surface area contributed by atoms with Gasteiger partial charge in [0.1, 0.15) is 5.76 Å². The molecule has 0 saturated carbocycles. The lowest BCUT2D eigenvalue weighted by Crippen LogP contribution is -2.22. The molecule has 0 aliphatic heterocycles. The van der Waals surface area contributed by atoms with Crippen molar-refractivity contribution < 1.29 is 4.42 Å². The molecule has 20 heavy (non-hydrogen) atoms. The maximum absolute atomic E-state index is 5.60. The molecule has 2 heteroatoms. The molecular formula is C18H19NO. The standard InChI is InChI=1S/C18H19NO/c1-2-11-19-18(17-8-5-12-20-17)16-10-9-14-6-3-4-7-15(14)13-16/h3-10,12-13,18-19H,2,11H2,1H3. The summed E-state index contributed by atoms with van der Waals surface area (Å²) in [5.41, 5.74) is 1.24. The SMILES string of the molecule is CCCNC(c1ccc2ccccc2c1)c1ccco1. The van der Waals surface area contributed by atoms with E-state index in [-0.39, 0.29) is 6.04 Å². The second kappa shape index (κ2) is 5.93. The van der Waals surface area contributed by atoms with Crippen molar-refractivity contribution in [1.82, 2.24) is 5.32 Å². The Morgan fingerprint density at radius 3 is 2.60 bits per heavy atom. The van der Waals surface area contributed by atoms with Crippen molar-refractivity contribution in [2.75, 3.05) is 6.54 Å². The van der Waals surface area contributed by atoms with Gasteiger partial charge in [-0.25, -0.2) is 0 Å². The second-order valence-corrected chi connectivity index (χ2v) is 5.01. The summed E-state index contributed by atoms with van der Waals surface area (Å²) in [6.45, 7) is 3.14. The first-order valence-electron chi connectivity index (χ1n) is 7.14. The molecule has 1 heterocycles. The number of hydrogen-bond acceptors (Lipinski definition) is 2. The number of nitrogens with one attached hydrogen (secondary N) is 1. The van der Waals surface area contributed by atoms with Crippen molar-refractivity contribution in [3.63, 3.8) is 0 Å². The van der Waals surface area contributed by atoms with Crippen LogP contribution in [0.3, 0.4) is 0 Å². The van der Waals surface area contributed by atoms with Crippen LogP contribution in [0.4, 0.5) is 0 Å². The number of hydrogen-bond donors (Lipinski definition) is 1. The Labute approximate surface area is 119 Å². The third-order valence-electron chi connectivity index (χ3n) is 3.53. The zero-order valence-electron chi connectivity index (χ0n) is 11.7. The van der Waals surface area contributed by atoms with Crippen molar-refractivity contribution >= 4 is 10.8 Å². The summed E-state index contributed by atoms with van der Waals surface area (Å²) < 4.78 is 5.60. The molecule has 1 N–H and O–H groups in total. The van der Waals surface area contributed by atoms with Gasteiger partial charge in [-0.1, -0.05) is 43.3 Å². The fourth-order valence-electron chi connectivity index (χ4n) is 2.51. The Balaban J connectivity index is 1.99. The first-order chi connectivity index (χ1) is 9.88. The first-order valence-corrected chi connectivity index (χ1v) is 7.14. The van der Waals surface area contributed by atoms with Gasteiger partial charge in [0.05, 0.1) is 12.3 Å². The van der Waals surface area contributed by atoms with E-state index < -0.39 is 0 Å². The first kappa shape index (κ1) is 12.9. The molecule has 0 aliphatic rings. The summed E-state index contributed by atoms with van der Waals surface area (Å²) in [7, 11) is 0. The predicted octanol–water partition coefficient (Wildman–Crippen LogP) is 4.52. The van der Waals surface area contributed by atoms with Crippen LogP contribution in [0.5, 0.6) is 0 Å². The molecule has 2 aromatic carbocycles. The lowest BCUT2D eigenvalue weighted by molar-refractivity contribution is 0.447. The fraction of sp³-hybridized carbons (Fsp3) is 0.222. The topological polar surface area (TPSA) is 25.2 Å². The molecule has 102 valence electrons. The highest BCUT2D eigenvalue weighted by Gasteiger charge is 2.16. The van der Waals surface area contributed by atoms with Gasteiger partial charge < -0.3 is 9.73 Å². The Morgan fingerprint density at radius 2 is 1.85 bits per heavy atom. The molecule has 0 fully saturated rings. The maximum atomic E-state index is 5.60. The third kappa shape index (κ3) is 2.61. The molecule has 0 amide bonds. The maximum Gasteiger partial charge on any atom is 0.125 e. The van der Waals surface area contributed by atoms with Crippen LogP contribution < -0.4 is 5.32 Å². The van der Waals surface area contributed by atoms with Crippen LogP contribution >= 0.6 is 0 Å². The highest BCUT2D eigenvalue weighted by Crippen LogP contribution is 2.26. The van der Waals surface area contributed by atoms with Gasteiger partial charge in [0.25, 0.3) is 0 Å². The average Bonchev–Trinajstić information content (AvgIpc) is 3.02. The third-order valence-corrected chi connectivity index (χ3v) is 3.53. The lowest BCUT2D eigenvalue weighted by Gasteiger charge is -2.17. The Bertz CT molecular complexity index is 673. The molecule has 3 rings (SSSR count). The molecule has 0 spiro atoms. The molecular weight excluding hydrogens is 246 g/mol. The Kier molecular flexibility index (Phi) is 3.84. The largest absolute Gasteiger partial charge is 0.467 e. The van der Waals surface area contributed by atoms with Crippen LogP contribution in [-0.2, 0) is 0 Å². The van der Waals surface area contributed by atoms with E-state index in [0.717, 1.165) is 18.7 Å². The second-order valence-electron chi connectivity index (χ2n) is 5.01. The van der Waals surface area contributed by atoms with Crippen molar-refractivity contribution in [3.8, 4) is 0 Å². The average molecular weight is 265 g/mol. The molecule has 1 unspecified atom stereocenters. The van der Waals surface area contributed by atoms with E-state index in [4.69, 9.17) is 4.42 Å². The summed E-state index contributed by atoms with van der Waals surface area (Å²) in [6, 6.07) is 19.1. The highest BCUT2D eigenvalue weighted by atomic mass is 16.3. The summed E-state index contributed by atoms with van der Waals surface area (Å²) in [5, 5.41) is 6.09. The Morgan fingerprint density at radius 1 is 1.00 bits per heavy atom. The number of fused-ring (bicyclic) bond motifs is 1. The minimum Gasteiger partial charge on any atom is -0.467 e. The minimum absolute atomic E-state index is 0.120. The molecule has 0 saturated heterocycles. The zero-order chi connectivity index (χ0) is 13.8. The predicted molar refractivity (Wildman–Crippen MR) is 82.8 cm³/mol. The van der Waals surface area contributed by atoms with Crippen molar-refractivity contribution in [1.29, 1.82) is 0 Å². The van der Waals surface area contributed by atoms with E-state index in [2.05, 4.69) is 54.7 Å². The van der Waals surface area contributed by atoms with E-state index >= 15 is 0 Å². The normalized spacial score (nSPS) is 12.7. The van der Waals surface area contributed by atoms with Gasteiger partial charge in [-0.05, 0) is 47.5 Å². The summed E-state index contributed by atoms with van der Waals surface area (Å²) >= 11 is 0. The van der Waals surface area contributed by atoms with Crippen molar-refractivity contribution in [2.45, 2.75) is 19.4 Å². The number of rotatable bonds is 5. The van der Waals surface area contributed by atoms with Crippen LogP contribution in [0.1, 0.15) is 30.7 Å². The van der Waals surface area contributed by atoms with Crippen LogP contribution in [-0.4, -0.2) is 6.54 Å². The smallest absolute Gasteiger partial charge is 0.125 e. The van der Waals surface area contributed by atoms with E-state index in [1.165, 1.54) is 16.3 Å². The van der Waals surface area contributed by atoms with Gasteiger partial charge in [0.15, 0.2) is 0 Å². The molecule has 0 aliphatic carbocycles. The molecule has 0 radical (unpaired) electrons. The summed E-state index contributed by atoms with van der Waals surface area (Å²) in [6.07, 6.45) is 2.84. The molecule has 1 atom stereocenters. The van der Waals surface area contributed by atoms with Crippen LogP contribution in [0, 0.1) is 0 Å². The number of furan rings is 1. The summed E-state index contributed by atoms with van der Waals surface area (Å²) in [4.78, 5) is 0. The van der Waals surface area contributed by atoms with Gasteiger partial charge >= 0.3 is 0 Å². The van der Waals surface area contributed by atoms with Gasteiger partial charge in [-0.15, -0.1) is 0 Å². The monoisotopic (exact) mass is 265 g/mol. The van der Waals surface area contributed by atoms with Gasteiger partial charge in [0, 0.05) is 0 Å². The summed E-state index contributed by atoms with van der Waals surface area (Å²) in [5.74, 6) is 0.966. The van der Waals surface area contributed by atoms with Crippen molar-refractivity contribution in [2.24, 2.45) is 0 Å². The van der Waals surface area contributed by atoms with Crippen LogP contribution in [0.15, 0.2) is 65.3 Å². The molecule has 3 aromatic rings. The van der Waals surface area contributed by atoms with Crippen molar-refractivity contribution in [3.05, 3.63) is 72.2 Å². The Hall–Kier alpha value is -2.06. The van der Waals surface area contributed by atoms with E-state index in [9.17, 15) is 0 Å². The van der Waals surface area contributed by atoms with E-state index in [1.54, 1.807) is 6.26 Å². The van der Waals surface area contributed by atoms with Gasteiger partial charge in [-0.3, -0.25) is 0 Å². The van der Waals surface area contributed by atoms with Gasteiger partial charge in [-0.2, -0.15) is 0 Å². The lowest BCUT2D eigenvalue weighted by atomic mass is 10.00. The molecule has 0 bridgehead atoms. The van der Waals surface area contributed by atoms with Gasteiger partial charge in [0.2, 0.25) is 0 Å². The zero-order valence-corrected chi connectivity index (χ0v) is 11.7. The van der Waals surface area contributed by atoms with Crippen LogP contribution in [0.25, 0.3) is 10.8 Å². The fourth-order valence-corrected chi connectivity index (χ4v) is 2.51. The highest BCUT2D eigenvalue weighted by molar-refractivity contribution is 5.83. The van der Waals surface area contributed by atoms with E-state index in [1.807, 2.05) is 12.1 Å². The molecule has 2 nitrogen and oxygen atoms in total. The quantitative estimate of drug-likeness (QED) is 0.733. The minimum atomic E-state index is 0.120.